The molecule has 0 amide bonds. The lowest BCUT2D eigenvalue weighted by Gasteiger charge is -1.89. The van der Waals surface area contributed by atoms with Gasteiger partial charge in [-0.3, -0.25) is 0 Å². The molecule has 0 aliphatic heterocycles. The highest BCUT2D eigenvalue weighted by Crippen LogP contribution is 2.34. The summed E-state index contributed by atoms with van der Waals surface area (Å²) in [6, 6.07) is 0. The summed E-state index contributed by atoms with van der Waals surface area (Å²) in [5, 5.41) is 13.5. The minimum absolute atomic E-state index is 0.875. The summed E-state index contributed by atoms with van der Waals surface area (Å²) in [6.07, 6.45) is 2.82. The highest BCUT2D eigenvalue weighted by molar-refractivity contribution is 7.17. The molecule has 0 aromatic carbocycles. The van der Waals surface area contributed by atoms with Crippen LogP contribution in [-0.2, 0) is 0 Å². The minimum Gasteiger partial charge on any atom is -0.242 e. The van der Waals surface area contributed by atoms with E-state index in [1.54, 1.807) is 45.3 Å². The van der Waals surface area contributed by atoms with Gasteiger partial charge in [0.1, 0.15) is 49.0 Å². The van der Waals surface area contributed by atoms with Crippen molar-refractivity contribution in [3.05, 3.63) is 38.6 Å². The summed E-state index contributed by atoms with van der Waals surface area (Å²) in [6.45, 7) is 0. The number of rotatable bonds is 4. The van der Waals surface area contributed by atoms with Gasteiger partial charge in [0, 0.05) is 26.9 Å². The summed E-state index contributed by atoms with van der Waals surface area (Å²) in [4.78, 5) is 22.5. The minimum atomic E-state index is 0.875. The summed E-state index contributed by atoms with van der Waals surface area (Å²) >= 11 is 7.84. The Labute approximate surface area is 162 Å². The van der Waals surface area contributed by atoms with Gasteiger partial charge in [0.15, 0.2) is 0 Å². The molecule has 1 radical (unpaired) electrons. The van der Waals surface area contributed by atoms with Crippen molar-refractivity contribution in [1.82, 2.24) is 24.9 Å². The maximum atomic E-state index is 4.71. The van der Waals surface area contributed by atoms with Gasteiger partial charge in [0.25, 0.3) is 0 Å². The Bertz CT molecular complexity index is 1020. The van der Waals surface area contributed by atoms with Gasteiger partial charge in [-0.25, -0.2) is 24.9 Å². The van der Waals surface area contributed by atoms with Gasteiger partial charge >= 0.3 is 0 Å². The molecule has 5 rings (SSSR count). The topological polar surface area (TPSA) is 64.5 Å². The Balaban J connectivity index is 1.44. The predicted molar refractivity (Wildman–Crippen MR) is 105 cm³/mol. The van der Waals surface area contributed by atoms with Crippen molar-refractivity contribution in [2.24, 2.45) is 0 Å². The zero-order valence-corrected chi connectivity index (χ0v) is 16.3. The van der Waals surface area contributed by atoms with Crippen molar-refractivity contribution >= 4 is 56.7 Å². The van der Waals surface area contributed by atoms with Crippen LogP contribution < -0.4 is 0 Å². The molecule has 0 bridgehead atoms. The molecule has 0 fully saturated rings. The molecule has 121 valence electrons. The van der Waals surface area contributed by atoms with Crippen LogP contribution >= 0.6 is 56.7 Å². The second-order valence-electron chi connectivity index (χ2n) is 4.77. The number of thiazole rings is 5. The maximum absolute atomic E-state index is 4.71. The van der Waals surface area contributed by atoms with Gasteiger partial charge in [-0.1, -0.05) is 0 Å². The molecule has 0 saturated carbocycles. The fraction of sp³-hybridized carbons (Fsp3) is 0. The van der Waals surface area contributed by atoms with E-state index < -0.39 is 0 Å². The lowest BCUT2D eigenvalue weighted by atomic mass is 10.4. The molecule has 5 heterocycles. The van der Waals surface area contributed by atoms with E-state index in [0.717, 1.165) is 42.8 Å². The summed E-state index contributed by atoms with van der Waals surface area (Å²) in [5.74, 6) is 0. The summed E-state index contributed by atoms with van der Waals surface area (Å²) < 4.78 is 0. The number of hydrogen-bond acceptors (Lipinski definition) is 10. The van der Waals surface area contributed by atoms with E-state index >= 15 is 0 Å². The predicted octanol–water partition coefficient (Wildman–Crippen LogP) is 5.44. The monoisotopic (exact) mass is 416 g/mol. The molecule has 25 heavy (non-hydrogen) atoms. The molecule has 0 aliphatic carbocycles. The Hall–Kier alpha value is -1.85. The fourth-order valence-electron chi connectivity index (χ4n) is 2.10. The van der Waals surface area contributed by atoms with Crippen molar-refractivity contribution < 1.29 is 0 Å². The summed E-state index contributed by atoms with van der Waals surface area (Å²) in [7, 11) is 0. The molecule has 0 atom stereocenters. The molecule has 0 saturated heterocycles. The van der Waals surface area contributed by atoms with E-state index in [1.165, 1.54) is 11.3 Å². The van der Waals surface area contributed by atoms with Gasteiger partial charge in [0.05, 0.1) is 5.51 Å². The van der Waals surface area contributed by atoms with Gasteiger partial charge in [-0.05, 0) is 0 Å². The Morgan fingerprint density at radius 1 is 0.640 bits per heavy atom. The third-order valence-corrected chi connectivity index (χ3v) is 7.14. The van der Waals surface area contributed by atoms with Gasteiger partial charge < -0.3 is 0 Å². The SMILES string of the molecule is [c]1csc(-c2csc(-c3csc(-c4csc(-c5cscn5)n4)n3)n2)n1. The van der Waals surface area contributed by atoms with Crippen LogP contribution in [0.1, 0.15) is 0 Å². The second kappa shape index (κ2) is 6.46. The Morgan fingerprint density at radius 3 is 1.76 bits per heavy atom. The van der Waals surface area contributed by atoms with Crippen LogP contribution in [0.25, 0.3) is 42.8 Å². The molecule has 5 nitrogen and oxygen atoms in total. The van der Waals surface area contributed by atoms with Gasteiger partial charge in [0.2, 0.25) is 0 Å². The molecule has 0 N–H and O–H groups in total. The third kappa shape index (κ3) is 2.96. The molecule has 0 spiro atoms. The standard InChI is InChI=1S/C15H6N5S5/c1-2-22-12(16-1)9-4-24-14(18-9)11-6-25-15(20-11)10-5-23-13(19-10)8-3-21-7-17-8/h2-7H. The molecule has 10 heteroatoms. The molecule has 0 unspecified atom stereocenters. The third-order valence-electron chi connectivity index (χ3n) is 3.21. The van der Waals surface area contributed by atoms with Crippen molar-refractivity contribution in [3.63, 3.8) is 0 Å². The van der Waals surface area contributed by atoms with Crippen molar-refractivity contribution in [2.75, 3.05) is 0 Å². The van der Waals surface area contributed by atoms with E-state index in [1.807, 2.05) is 32.4 Å². The highest BCUT2D eigenvalue weighted by Gasteiger charge is 2.15. The van der Waals surface area contributed by atoms with E-state index in [-0.39, 0.29) is 0 Å². The fourth-order valence-corrected chi connectivity index (χ4v) is 5.78. The first-order chi connectivity index (χ1) is 12.4. The normalized spacial score (nSPS) is 11.2. The van der Waals surface area contributed by atoms with Crippen LogP contribution in [0.15, 0.2) is 32.4 Å². The summed E-state index contributed by atoms with van der Waals surface area (Å²) in [5.41, 5.74) is 5.37. The van der Waals surface area contributed by atoms with Crippen LogP contribution in [0.5, 0.6) is 0 Å². The zero-order valence-electron chi connectivity index (χ0n) is 12.2. The van der Waals surface area contributed by atoms with Crippen LogP contribution in [0.2, 0.25) is 0 Å². The Morgan fingerprint density at radius 2 is 1.24 bits per heavy atom. The van der Waals surface area contributed by atoms with E-state index in [0.29, 0.717) is 0 Å². The highest BCUT2D eigenvalue weighted by atomic mass is 32.1. The average Bonchev–Trinajstić information content (AvgIpc) is 3.48. The van der Waals surface area contributed by atoms with E-state index in [9.17, 15) is 0 Å². The first-order valence-electron chi connectivity index (χ1n) is 6.94. The van der Waals surface area contributed by atoms with E-state index in [4.69, 9.17) is 4.98 Å². The van der Waals surface area contributed by atoms with Gasteiger partial charge in [-0.15, -0.1) is 56.7 Å². The smallest absolute Gasteiger partial charge is 0.143 e. The van der Waals surface area contributed by atoms with Crippen molar-refractivity contribution in [3.8, 4) is 42.8 Å². The largest absolute Gasteiger partial charge is 0.242 e. The van der Waals surface area contributed by atoms with Crippen molar-refractivity contribution in [2.45, 2.75) is 0 Å². The lowest BCUT2D eigenvalue weighted by molar-refractivity contribution is 1.29. The quantitative estimate of drug-likeness (QED) is 0.390. The number of aromatic nitrogens is 5. The van der Waals surface area contributed by atoms with Crippen LogP contribution in [0, 0.1) is 6.20 Å². The second-order valence-corrected chi connectivity index (χ2v) is 8.92. The first kappa shape index (κ1) is 15.4. The van der Waals surface area contributed by atoms with Gasteiger partial charge in [-0.2, -0.15) is 0 Å². The molecular weight excluding hydrogens is 411 g/mol. The lowest BCUT2D eigenvalue weighted by Crippen LogP contribution is -1.81. The van der Waals surface area contributed by atoms with E-state index in [2.05, 4.69) is 26.1 Å². The Kier molecular flexibility index (Phi) is 3.98. The molecule has 0 aliphatic rings. The maximum Gasteiger partial charge on any atom is 0.143 e. The van der Waals surface area contributed by atoms with Crippen LogP contribution in [-0.4, -0.2) is 24.9 Å². The number of hydrogen-bond donors (Lipinski definition) is 0. The zero-order chi connectivity index (χ0) is 16.6. The molecule has 5 aromatic rings. The molecule has 5 aromatic heterocycles. The molecular formula is C15H6N5S5. The average molecular weight is 417 g/mol. The first-order valence-corrected chi connectivity index (χ1v) is 11.4. The van der Waals surface area contributed by atoms with Crippen LogP contribution in [0.4, 0.5) is 0 Å². The number of nitrogens with zero attached hydrogens (tertiary/aromatic N) is 5. The van der Waals surface area contributed by atoms with Crippen LogP contribution in [0.3, 0.4) is 0 Å². The van der Waals surface area contributed by atoms with Crippen molar-refractivity contribution in [1.29, 1.82) is 0 Å².